The molecule has 0 fully saturated rings. The first kappa shape index (κ1) is 33.5. The Bertz CT molecular complexity index is 3410. The molecule has 0 atom stereocenters. The summed E-state index contributed by atoms with van der Waals surface area (Å²) in [6.45, 7) is 0. The Kier molecular flexibility index (Phi) is 7.96. The summed E-state index contributed by atoms with van der Waals surface area (Å²) in [6, 6.07) is 76.1. The van der Waals surface area contributed by atoms with Gasteiger partial charge in [0.05, 0.1) is 47.6 Å². The van der Waals surface area contributed by atoms with Crippen LogP contribution in [0.3, 0.4) is 0 Å². The molecule has 12 aromatic rings. The highest BCUT2D eigenvalue weighted by atomic mass is 15.0. The van der Waals surface area contributed by atoms with Crippen LogP contribution < -0.4 is 0 Å². The van der Waals surface area contributed by atoms with Gasteiger partial charge in [-0.15, -0.1) is 0 Å². The minimum atomic E-state index is 0.451. The fraction of sp³-hybridized carbons (Fsp3) is 0. The van der Waals surface area contributed by atoms with Crippen LogP contribution in [-0.2, 0) is 0 Å². The van der Waals surface area contributed by atoms with E-state index in [1.54, 1.807) is 0 Å². The SMILES string of the molecule is [2H]c1ccc(-c2cccc(-n3c4ccccc4c4ccccc43)c2-c2cc(-c3c(-c4ccc([2H])cc4)cccc3-n3c4ccccc4c4ccccc43)nc(-c3ccccc3)n2)cc1. The predicted octanol–water partition coefficient (Wildman–Crippen LogP) is 15.0. The average Bonchev–Trinajstić information content (AvgIpc) is 3.87. The Morgan fingerprint density at radius 3 is 1.08 bits per heavy atom. The summed E-state index contributed by atoms with van der Waals surface area (Å²) in [4.78, 5) is 11.1. The van der Waals surface area contributed by atoms with E-state index < -0.39 is 0 Å². The third kappa shape index (κ3) is 5.76. The van der Waals surface area contributed by atoms with Crippen molar-refractivity contribution in [1.82, 2.24) is 19.1 Å². The lowest BCUT2D eigenvalue weighted by Crippen LogP contribution is -2.04. The molecule has 0 N–H and O–H groups in total. The molecule has 62 heavy (non-hydrogen) atoms. The topological polar surface area (TPSA) is 35.6 Å². The van der Waals surface area contributed by atoms with E-state index in [2.05, 4.69) is 161 Å². The summed E-state index contributed by atoms with van der Waals surface area (Å²) in [5.74, 6) is 0.599. The molecule has 0 saturated carbocycles. The number of para-hydroxylation sites is 4. The quantitative estimate of drug-likeness (QED) is 0.161. The Hall–Kier alpha value is -8.34. The van der Waals surface area contributed by atoms with Crippen molar-refractivity contribution >= 4 is 43.6 Å². The second kappa shape index (κ2) is 14.7. The molecule has 3 aromatic heterocycles. The van der Waals surface area contributed by atoms with Crippen LogP contribution in [0.2, 0.25) is 0 Å². The monoisotopic (exact) mass is 792 g/mol. The van der Waals surface area contributed by atoms with E-state index in [-0.39, 0.29) is 0 Å². The van der Waals surface area contributed by atoms with Gasteiger partial charge < -0.3 is 9.13 Å². The maximum atomic E-state index is 8.40. The van der Waals surface area contributed by atoms with Gasteiger partial charge >= 0.3 is 0 Å². The number of nitrogens with zero attached hydrogens (tertiary/aromatic N) is 4. The summed E-state index contributed by atoms with van der Waals surface area (Å²) in [7, 11) is 0. The molecule has 4 heteroatoms. The highest BCUT2D eigenvalue weighted by Gasteiger charge is 2.25. The molecule has 0 saturated heterocycles. The first-order chi connectivity index (χ1) is 31.6. The highest BCUT2D eigenvalue weighted by Crippen LogP contribution is 2.45. The molecule has 0 aliphatic carbocycles. The molecule has 0 amide bonds. The summed E-state index contributed by atoms with van der Waals surface area (Å²) in [6.07, 6.45) is 0. The first-order valence-corrected chi connectivity index (χ1v) is 20.9. The molecule has 3 heterocycles. The summed E-state index contributed by atoms with van der Waals surface area (Å²) in [5, 5.41) is 4.68. The maximum absolute atomic E-state index is 8.40. The van der Waals surface area contributed by atoms with Crippen molar-refractivity contribution in [3.63, 3.8) is 0 Å². The summed E-state index contributed by atoms with van der Waals surface area (Å²) in [5.41, 5.74) is 14.6. The molecule has 0 radical (unpaired) electrons. The standard InChI is InChI=1S/C58H38N4/c1-4-20-39(21-5-1)42-30-18-36-54(61-50-32-14-10-26-44(50)45-27-11-15-33-51(45)61)56(42)48-38-49(60-58(59-48)41-24-8-3-9-25-41)57-43(40-22-6-2-7-23-40)31-19-37-55(57)62-52-34-16-12-28-46(52)47-29-13-17-35-53(47)62/h1-38H/i1D,2D. The predicted molar refractivity (Wildman–Crippen MR) is 258 cm³/mol. The lowest BCUT2D eigenvalue weighted by atomic mass is 9.92. The highest BCUT2D eigenvalue weighted by molar-refractivity contribution is 6.11. The van der Waals surface area contributed by atoms with Gasteiger partial charge in [-0.2, -0.15) is 0 Å². The van der Waals surface area contributed by atoms with Crippen molar-refractivity contribution in [2.75, 3.05) is 0 Å². The van der Waals surface area contributed by atoms with Crippen molar-refractivity contribution in [1.29, 1.82) is 0 Å². The largest absolute Gasteiger partial charge is 0.309 e. The van der Waals surface area contributed by atoms with Gasteiger partial charge in [0.2, 0.25) is 0 Å². The molecule has 290 valence electrons. The smallest absolute Gasteiger partial charge is 0.160 e. The van der Waals surface area contributed by atoms with Gasteiger partial charge in [0.1, 0.15) is 0 Å². The molecule has 9 aromatic carbocycles. The Balaban J connectivity index is 1.23. The Morgan fingerprint density at radius 2 is 0.677 bits per heavy atom. The lowest BCUT2D eigenvalue weighted by Gasteiger charge is -2.21. The molecule has 0 aliphatic rings. The third-order valence-corrected chi connectivity index (χ3v) is 12.1. The van der Waals surface area contributed by atoms with Gasteiger partial charge in [-0.1, -0.05) is 188 Å². The van der Waals surface area contributed by atoms with Crippen molar-refractivity contribution in [3.05, 3.63) is 230 Å². The number of hydrogen-bond acceptors (Lipinski definition) is 2. The molecule has 0 aliphatic heterocycles. The van der Waals surface area contributed by atoms with E-state index in [9.17, 15) is 0 Å². The number of aromatic nitrogens is 4. The van der Waals surface area contributed by atoms with E-state index >= 15 is 0 Å². The van der Waals surface area contributed by atoms with Gasteiger partial charge in [-0.25, -0.2) is 9.97 Å². The van der Waals surface area contributed by atoms with Crippen LogP contribution in [-0.4, -0.2) is 19.1 Å². The van der Waals surface area contributed by atoms with Gasteiger partial charge in [-0.05, 0) is 64.7 Å². The Labute approximate surface area is 362 Å². The first-order valence-electron chi connectivity index (χ1n) is 21.9. The second-order valence-electron chi connectivity index (χ2n) is 15.5. The number of hydrogen-bond donors (Lipinski definition) is 0. The minimum Gasteiger partial charge on any atom is -0.309 e. The van der Waals surface area contributed by atoms with E-state index in [0.717, 1.165) is 83.8 Å². The van der Waals surface area contributed by atoms with Crippen LogP contribution in [0.5, 0.6) is 0 Å². The minimum absolute atomic E-state index is 0.451. The fourth-order valence-electron chi connectivity index (χ4n) is 9.39. The molecule has 0 spiro atoms. The molecular formula is C58H38N4. The maximum Gasteiger partial charge on any atom is 0.160 e. The number of fused-ring (bicyclic) bond motifs is 6. The second-order valence-corrected chi connectivity index (χ2v) is 15.5. The lowest BCUT2D eigenvalue weighted by molar-refractivity contribution is 1.14. The van der Waals surface area contributed by atoms with E-state index in [0.29, 0.717) is 17.9 Å². The van der Waals surface area contributed by atoms with Crippen LogP contribution in [0.4, 0.5) is 0 Å². The van der Waals surface area contributed by atoms with Crippen molar-refractivity contribution < 1.29 is 2.74 Å². The Morgan fingerprint density at radius 1 is 0.323 bits per heavy atom. The zero-order valence-electron chi connectivity index (χ0n) is 35.6. The molecule has 0 bridgehead atoms. The van der Waals surface area contributed by atoms with E-state index in [4.69, 9.17) is 12.7 Å². The summed E-state index contributed by atoms with van der Waals surface area (Å²) < 4.78 is 21.5. The van der Waals surface area contributed by atoms with Crippen LogP contribution >= 0.6 is 0 Å². The molecule has 4 nitrogen and oxygen atoms in total. The van der Waals surface area contributed by atoms with Crippen molar-refractivity contribution in [2.24, 2.45) is 0 Å². The van der Waals surface area contributed by atoms with Crippen LogP contribution in [0.25, 0.3) is 111 Å². The van der Waals surface area contributed by atoms with Crippen LogP contribution in [0.1, 0.15) is 2.74 Å². The fourth-order valence-corrected chi connectivity index (χ4v) is 9.39. The van der Waals surface area contributed by atoms with Gasteiger partial charge in [0.15, 0.2) is 5.82 Å². The number of benzene rings is 9. The van der Waals surface area contributed by atoms with E-state index in [1.807, 2.05) is 66.7 Å². The van der Waals surface area contributed by atoms with Crippen molar-refractivity contribution in [2.45, 2.75) is 0 Å². The third-order valence-electron chi connectivity index (χ3n) is 12.1. The van der Waals surface area contributed by atoms with Crippen LogP contribution in [0.15, 0.2) is 230 Å². The van der Waals surface area contributed by atoms with Gasteiger partial charge in [-0.3, -0.25) is 0 Å². The molecule has 0 unspecified atom stereocenters. The normalized spacial score (nSPS) is 12.0. The zero-order valence-corrected chi connectivity index (χ0v) is 33.6. The summed E-state index contributed by atoms with van der Waals surface area (Å²) >= 11 is 0. The van der Waals surface area contributed by atoms with Gasteiger partial charge in [0, 0.05) is 38.2 Å². The molecule has 12 rings (SSSR count). The van der Waals surface area contributed by atoms with Gasteiger partial charge in [0.25, 0.3) is 0 Å². The number of rotatable bonds is 7. The van der Waals surface area contributed by atoms with Crippen molar-refractivity contribution in [3.8, 4) is 67.5 Å². The average molecular weight is 793 g/mol. The van der Waals surface area contributed by atoms with E-state index in [1.165, 1.54) is 21.5 Å². The zero-order chi connectivity index (χ0) is 42.7. The molecular weight excluding hydrogens is 753 g/mol. The van der Waals surface area contributed by atoms with Crippen LogP contribution in [0, 0.1) is 0 Å².